The largest absolute Gasteiger partial charge is 0.381 e. The lowest BCUT2D eigenvalue weighted by Crippen LogP contribution is -2.58. The maximum atomic E-state index is 12.8. The number of ether oxygens (including phenoxy) is 2. The molecule has 0 aliphatic carbocycles. The van der Waals surface area contributed by atoms with Gasteiger partial charge in [-0.2, -0.15) is 0 Å². The number of hydrogen-bond donors (Lipinski definition) is 0. The first kappa shape index (κ1) is 15.6. The minimum absolute atomic E-state index is 0.0344. The number of fused-ring (bicyclic) bond motifs is 1. The van der Waals surface area contributed by atoms with Crippen molar-refractivity contribution in [3.63, 3.8) is 0 Å². The Morgan fingerprint density at radius 3 is 3.14 bits per heavy atom. The van der Waals surface area contributed by atoms with E-state index in [-0.39, 0.29) is 17.4 Å². The van der Waals surface area contributed by atoms with Crippen LogP contribution in [-0.2, 0) is 16.5 Å². The Kier molecular flexibility index (Phi) is 4.54. The minimum Gasteiger partial charge on any atom is -0.381 e. The van der Waals surface area contributed by atoms with E-state index in [1.807, 2.05) is 41.8 Å². The fourth-order valence-electron chi connectivity index (χ4n) is 3.82. The molecule has 2 aliphatic heterocycles. The number of piperidine rings is 1. The van der Waals surface area contributed by atoms with E-state index in [1.165, 1.54) is 0 Å². The van der Waals surface area contributed by atoms with Gasteiger partial charge in [0.1, 0.15) is 5.69 Å². The third-order valence-electron chi connectivity index (χ3n) is 5.03. The lowest BCUT2D eigenvalue weighted by atomic mass is 9.73. The molecule has 0 spiro atoms. The second kappa shape index (κ2) is 6.42. The second-order valence-corrected chi connectivity index (χ2v) is 6.48. The monoisotopic (exact) mass is 306 g/mol. The zero-order chi connectivity index (χ0) is 15.6. The zero-order valence-corrected chi connectivity index (χ0v) is 13.6. The van der Waals surface area contributed by atoms with E-state index < -0.39 is 0 Å². The molecule has 3 rings (SSSR count). The van der Waals surface area contributed by atoms with Gasteiger partial charge in [-0.1, -0.05) is 0 Å². The van der Waals surface area contributed by atoms with Crippen molar-refractivity contribution >= 4 is 5.91 Å². The van der Waals surface area contributed by atoms with E-state index in [0.717, 1.165) is 44.7 Å². The van der Waals surface area contributed by atoms with E-state index in [4.69, 9.17) is 9.47 Å². The molecular weight excluding hydrogens is 280 g/mol. The van der Waals surface area contributed by atoms with Crippen LogP contribution in [0.25, 0.3) is 0 Å². The van der Waals surface area contributed by atoms with Gasteiger partial charge >= 0.3 is 0 Å². The summed E-state index contributed by atoms with van der Waals surface area (Å²) in [5.41, 5.74) is 0.717. The number of rotatable bonds is 4. The number of likely N-dealkylation sites (tertiary alicyclic amines) is 1. The number of hydrogen-bond acceptors (Lipinski definition) is 3. The standard InChI is InChI=1S/C17H26N2O3/c1-3-21-13-17-8-5-11-22-15(17)7-10-19(12-17)16(20)14-6-4-9-18(14)2/h4,6,9,15H,3,5,7-8,10-13H2,1-2H3/t15-,17+/m1/s1. The molecule has 1 aromatic rings. The molecular formula is C17H26N2O3. The first-order chi connectivity index (χ1) is 10.7. The minimum atomic E-state index is -0.0344. The molecule has 5 heteroatoms. The third-order valence-corrected chi connectivity index (χ3v) is 5.03. The first-order valence-electron chi connectivity index (χ1n) is 8.26. The summed E-state index contributed by atoms with van der Waals surface area (Å²) in [4.78, 5) is 14.8. The molecule has 5 nitrogen and oxygen atoms in total. The third kappa shape index (κ3) is 2.79. The van der Waals surface area contributed by atoms with Crippen molar-refractivity contribution in [3.8, 4) is 0 Å². The molecule has 1 amide bonds. The van der Waals surface area contributed by atoms with Crippen LogP contribution >= 0.6 is 0 Å². The van der Waals surface area contributed by atoms with Gasteiger partial charge in [0.2, 0.25) is 0 Å². The summed E-state index contributed by atoms with van der Waals surface area (Å²) in [6.45, 7) is 5.75. The molecule has 0 saturated carbocycles. The quantitative estimate of drug-likeness (QED) is 0.855. The Labute approximate surface area is 132 Å². The van der Waals surface area contributed by atoms with Crippen LogP contribution in [0.15, 0.2) is 18.3 Å². The van der Waals surface area contributed by atoms with Crippen LogP contribution in [0.4, 0.5) is 0 Å². The summed E-state index contributed by atoms with van der Waals surface area (Å²) < 4.78 is 13.6. The van der Waals surface area contributed by atoms with Crippen LogP contribution in [0.3, 0.4) is 0 Å². The van der Waals surface area contributed by atoms with Crippen LogP contribution in [0.1, 0.15) is 36.7 Å². The van der Waals surface area contributed by atoms with E-state index in [1.54, 1.807) is 0 Å². The molecule has 0 unspecified atom stereocenters. The Morgan fingerprint density at radius 1 is 1.55 bits per heavy atom. The highest BCUT2D eigenvalue weighted by molar-refractivity contribution is 5.92. The Balaban J connectivity index is 1.78. The summed E-state index contributed by atoms with van der Waals surface area (Å²) in [5, 5.41) is 0. The molecule has 2 aliphatic rings. The zero-order valence-electron chi connectivity index (χ0n) is 13.6. The van der Waals surface area contributed by atoms with Gasteiger partial charge < -0.3 is 18.9 Å². The van der Waals surface area contributed by atoms with Crippen LogP contribution in [0.2, 0.25) is 0 Å². The number of carbonyl (C=O) groups excluding carboxylic acids is 1. The normalized spacial score (nSPS) is 28.5. The van der Waals surface area contributed by atoms with Gasteiger partial charge in [0.15, 0.2) is 0 Å². The van der Waals surface area contributed by atoms with E-state index in [9.17, 15) is 4.79 Å². The first-order valence-corrected chi connectivity index (χ1v) is 8.26. The summed E-state index contributed by atoms with van der Waals surface area (Å²) in [7, 11) is 1.92. The summed E-state index contributed by atoms with van der Waals surface area (Å²) in [6.07, 6.45) is 5.18. The fourth-order valence-corrected chi connectivity index (χ4v) is 3.82. The summed E-state index contributed by atoms with van der Waals surface area (Å²) in [5.74, 6) is 0.118. The lowest BCUT2D eigenvalue weighted by Gasteiger charge is -2.50. The van der Waals surface area contributed by atoms with Crippen molar-refractivity contribution in [1.82, 2.24) is 9.47 Å². The molecule has 0 radical (unpaired) electrons. The maximum absolute atomic E-state index is 12.8. The van der Waals surface area contributed by atoms with Crippen LogP contribution in [-0.4, -0.2) is 54.4 Å². The van der Waals surface area contributed by atoms with Gasteiger partial charge in [-0.05, 0) is 38.3 Å². The van der Waals surface area contributed by atoms with Gasteiger partial charge in [0, 0.05) is 45.0 Å². The number of nitrogens with zero attached hydrogens (tertiary/aromatic N) is 2. The Bertz CT molecular complexity index is 528. The molecule has 22 heavy (non-hydrogen) atoms. The van der Waals surface area contributed by atoms with Crippen LogP contribution in [0.5, 0.6) is 0 Å². The molecule has 0 aromatic carbocycles. The van der Waals surface area contributed by atoms with Crippen LogP contribution in [0, 0.1) is 5.41 Å². The molecule has 2 fully saturated rings. The molecule has 2 saturated heterocycles. The van der Waals surface area contributed by atoms with E-state index in [0.29, 0.717) is 13.2 Å². The molecule has 2 atom stereocenters. The second-order valence-electron chi connectivity index (χ2n) is 6.48. The van der Waals surface area contributed by atoms with Gasteiger partial charge in [0.25, 0.3) is 5.91 Å². The lowest BCUT2D eigenvalue weighted by molar-refractivity contribution is -0.146. The molecule has 1 aromatic heterocycles. The average molecular weight is 306 g/mol. The predicted octanol–water partition coefficient (Wildman–Crippen LogP) is 2.07. The van der Waals surface area contributed by atoms with Crippen molar-refractivity contribution < 1.29 is 14.3 Å². The molecule has 122 valence electrons. The number of aromatic nitrogens is 1. The van der Waals surface area contributed by atoms with E-state index in [2.05, 4.69) is 0 Å². The van der Waals surface area contributed by atoms with Crippen molar-refractivity contribution in [3.05, 3.63) is 24.0 Å². The van der Waals surface area contributed by atoms with E-state index >= 15 is 0 Å². The molecule has 3 heterocycles. The van der Waals surface area contributed by atoms with Crippen molar-refractivity contribution in [2.75, 3.05) is 32.9 Å². The average Bonchev–Trinajstić information content (AvgIpc) is 2.97. The fraction of sp³-hybridized carbons (Fsp3) is 0.706. The maximum Gasteiger partial charge on any atom is 0.270 e. The van der Waals surface area contributed by atoms with Crippen molar-refractivity contribution in [2.45, 2.75) is 32.3 Å². The van der Waals surface area contributed by atoms with Crippen molar-refractivity contribution in [2.24, 2.45) is 12.5 Å². The predicted molar refractivity (Wildman–Crippen MR) is 83.8 cm³/mol. The SMILES string of the molecule is CCOC[C@@]12CCCO[C@@H]1CCN(C(=O)c1cccn1C)C2. The number of aryl methyl sites for hydroxylation is 1. The summed E-state index contributed by atoms with van der Waals surface area (Å²) in [6, 6.07) is 3.81. The molecule has 0 N–H and O–H groups in total. The highest BCUT2D eigenvalue weighted by atomic mass is 16.5. The smallest absolute Gasteiger partial charge is 0.270 e. The number of amides is 1. The van der Waals surface area contributed by atoms with Gasteiger partial charge in [-0.3, -0.25) is 4.79 Å². The van der Waals surface area contributed by atoms with Gasteiger partial charge in [-0.15, -0.1) is 0 Å². The van der Waals surface area contributed by atoms with Gasteiger partial charge in [-0.25, -0.2) is 0 Å². The Morgan fingerprint density at radius 2 is 2.41 bits per heavy atom. The highest BCUT2D eigenvalue weighted by Gasteiger charge is 2.47. The van der Waals surface area contributed by atoms with Crippen LogP contribution < -0.4 is 0 Å². The van der Waals surface area contributed by atoms with Gasteiger partial charge in [0.05, 0.1) is 12.7 Å². The summed E-state index contributed by atoms with van der Waals surface area (Å²) >= 11 is 0. The topological polar surface area (TPSA) is 43.7 Å². The number of carbonyl (C=O) groups is 1. The van der Waals surface area contributed by atoms with Crippen molar-refractivity contribution in [1.29, 1.82) is 0 Å². The highest BCUT2D eigenvalue weighted by Crippen LogP contribution is 2.40. The molecule has 0 bridgehead atoms. The Hall–Kier alpha value is -1.33.